The van der Waals surface area contributed by atoms with Gasteiger partial charge in [0.05, 0.1) is 15.8 Å². The van der Waals surface area contributed by atoms with Gasteiger partial charge in [-0.15, -0.1) is 0 Å². The average molecular weight is 339 g/mol. The maximum atomic E-state index is 13.5. The topological polar surface area (TPSA) is 38.0 Å². The number of halogens is 2. The lowest BCUT2D eigenvalue weighted by Crippen LogP contribution is -2.54. The van der Waals surface area contributed by atoms with Crippen molar-refractivity contribution in [1.29, 1.82) is 0 Å². The molecule has 4 fully saturated rings. The molecule has 0 spiro atoms. The van der Waals surface area contributed by atoms with Crippen molar-refractivity contribution in [3.05, 3.63) is 22.4 Å². The van der Waals surface area contributed by atoms with Crippen LogP contribution < -0.4 is 11.1 Å². The van der Waals surface area contributed by atoms with Crippen LogP contribution in [0.3, 0.4) is 0 Å². The molecule has 4 saturated carbocycles. The van der Waals surface area contributed by atoms with Crippen molar-refractivity contribution in [3.8, 4) is 0 Å². The normalized spacial score (nSPS) is 38.2. The zero-order valence-corrected chi connectivity index (χ0v) is 13.0. The number of anilines is 2. The summed E-state index contributed by atoms with van der Waals surface area (Å²) in [4.78, 5) is 0. The van der Waals surface area contributed by atoms with Gasteiger partial charge in [-0.05, 0) is 78.3 Å². The molecule has 3 N–H and O–H groups in total. The van der Waals surface area contributed by atoms with Gasteiger partial charge in [0.15, 0.2) is 0 Å². The van der Waals surface area contributed by atoms with Crippen LogP contribution in [0.5, 0.6) is 0 Å². The van der Waals surface area contributed by atoms with E-state index in [0.29, 0.717) is 10.2 Å². The summed E-state index contributed by atoms with van der Waals surface area (Å²) in [5.41, 5.74) is 7.61. The van der Waals surface area contributed by atoms with Gasteiger partial charge in [-0.3, -0.25) is 0 Å². The lowest BCUT2D eigenvalue weighted by atomic mass is 9.53. The highest BCUT2D eigenvalue weighted by Crippen LogP contribution is 2.56. The van der Waals surface area contributed by atoms with Crippen molar-refractivity contribution >= 4 is 27.3 Å². The highest BCUT2D eigenvalue weighted by Gasteiger charge is 2.51. The van der Waals surface area contributed by atoms with E-state index in [1.54, 1.807) is 6.07 Å². The number of hydrogen-bond donors (Lipinski definition) is 2. The smallest absolute Gasteiger partial charge is 0.139 e. The van der Waals surface area contributed by atoms with Crippen molar-refractivity contribution in [1.82, 2.24) is 0 Å². The first-order valence-electron chi connectivity index (χ1n) is 7.56. The van der Waals surface area contributed by atoms with Gasteiger partial charge in [0, 0.05) is 11.6 Å². The van der Waals surface area contributed by atoms with Crippen molar-refractivity contribution in [2.24, 2.45) is 17.8 Å². The van der Waals surface area contributed by atoms with E-state index in [1.807, 2.05) is 0 Å². The van der Waals surface area contributed by atoms with Crippen LogP contribution in [-0.4, -0.2) is 5.54 Å². The SMILES string of the molecule is Nc1cc(F)c(Br)cc1NC12CC3CC(CC(C3)C1)C2. The Morgan fingerprint density at radius 3 is 2.20 bits per heavy atom. The van der Waals surface area contributed by atoms with E-state index >= 15 is 0 Å². The van der Waals surface area contributed by atoms with E-state index in [9.17, 15) is 4.39 Å². The van der Waals surface area contributed by atoms with Gasteiger partial charge in [-0.1, -0.05) is 0 Å². The summed E-state index contributed by atoms with van der Waals surface area (Å²) in [5, 5.41) is 3.70. The number of nitrogens with one attached hydrogen (secondary N) is 1. The summed E-state index contributed by atoms with van der Waals surface area (Å²) >= 11 is 3.26. The summed E-state index contributed by atoms with van der Waals surface area (Å²) in [7, 11) is 0. The molecule has 4 heteroatoms. The zero-order valence-electron chi connectivity index (χ0n) is 11.5. The molecule has 4 aliphatic rings. The first-order valence-corrected chi connectivity index (χ1v) is 8.35. The van der Waals surface area contributed by atoms with Gasteiger partial charge in [0.2, 0.25) is 0 Å². The lowest BCUT2D eigenvalue weighted by Gasteiger charge is -2.57. The molecule has 0 aromatic heterocycles. The molecule has 1 aromatic carbocycles. The third-order valence-electron chi connectivity index (χ3n) is 5.53. The van der Waals surface area contributed by atoms with Gasteiger partial charge in [-0.2, -0.15) is 0 Å². The Balaban J connectivity index is 1.64. The predicted octanol–water partition coefficient (Wildman–Crippen LogP) is 4.55. The Morgan fingerprint density at radius 2 is 1.65 bits per heavy atom. The van der Waals surface area contributed by atoms with Crippen molar-refractivity contribution in [3.63, 3.8) is 0 Å². The van der Waals surface area contributed by atoms with Gasteiger partial charge in [-0.25, -0.2) is 4.39 Å². The van der Waals surface area contributed by atoms with Crippen LogP contribution >= 0.6 is 15.9 Å². The fourth-order valence-electron chi connectivity index (χ4n) is 5.22. The molecule has 108 valence electrons. The third kappa shape index (κ3) is 2.03. The summed E-state index contributed by atoms with van der Waals surface area (Å²) in [6.45, 7) is 0. The van der Waals surface area contributed by atoms with Crippen LogP contribution in [0.1, 0.15) is 38.5 Å². The second-order valence-electron chi connectivity index (χ2n) is 7.18. The first kappa shape index (κ1) is 12.9. The molecule has 4 bridgehead atoms. The summed E-state index contributed by atoms with van der Waals surface area (Å²) < 4.78 is 14.0. The minimum atomic E-state index is -0.293. The summed E-state index contributed by atoms with van der Waals surface area (Å²) in [6.07, 6.45) is 8.03. The van der Waals surface area contributed by atoms with E-state index in [2.05, 4.69) is 21.2 Å². The number of hydrogen-bond acceptors (Lipinski definition) is 2. The van der Waals surface area contributed by atoms with Crippen LogP contribution in [0, 0.1) is 23.6 Å². The van der Waals surface area contributed by atoms with Crippen molar-refractivity contribution < 1.29 is 4.39 Å². The van der Waals surface area contributed by atoms with Crippen LogP contribution in [0.25, 0.3) is 0 Å². The van der Waals surface area contributed by atoms with E-state index in [-0.39, 0.29) is 11.4 Å². The minimum absolute atomic E-state index is 0.208. The molecule has 20 heavy (non-hydrogen) atoms. The monoisotopic (exact) mass is 338 g/mol. The highest BCUT2D eigenvalue weighted by atomic mass is 79.9. The number of rotatable bonds is 2. The number of nitrogen functional groups attached to an aromatic ring is 1. The van der Waals surface area contributed by atoms with Gasteiger partial charge >= 0.3 is 0 Å². The molecule has 5 rings (SSSR count). The molecule has 4 aliphatic carbocycles. The van der Waals surface area contributed by atoms with E-state index in [1.165, 1.54) is 44.6 Å². The van der Waals surface area contributed by atoms with Crippen LogP contribution in [0.4, 0.5) is 15.8 Å². The molecular weight excluding hydrogens is 319 g/mol. The number of benzene rings is 1. The second-order valence-corrected chi connectivity index (χ2v) is 8.03. The molecule has 0 unspecified atom stereocenters. The summed E-state index contributed by atoms with van der Waals surface area (Å²) in [6, 6.07) is 3.20. The molecule has 0 amide bonds. The Kier molecular flexibility index (Phi) is 2.82. The van der Waals surface area contributed by atoms with E-state index < -0.39 is 0 Å². The lowest BCUT2D eigenvalue weighted by molar-refractivity contribution is 0.0107. The Morgan fingerprint density at radius 1 is 1.10 bits per heavy atom. The second kappa shape index (κ2) is 4.36. The standard InChI is InChI=1S/C16H20BrFN2/c17-12-4-15(14(19)5-13(12)18)20-16-6-9-1-10(7-16)3-11(2-9)8-16/h4-5,9-11,20H,1-3,6-8,19H2. The minimum Gasteiger partial charge on any atom is -0.397 e. The Hall–Kier alpha value is -0.770. The van der Waals surface area contributed by atoms with E-state index in [0.717, 1.165) is 23.4 Å². The molecule has 0 aliphatic heterocycles. The maximum absolute atomic E-state index is 13.5. The zero-order chi connectivity index (χ0) is 13.9. The molecule has 0 radical (unpaired) electrons. The number of nitrogens with two attached hydrogens (primary N) is 1. The van der Waals surface area contributed by atoms with Crippen molar-refractivity contribution in [2.45, 2.75) is 44.1 Å². The Labute approximate surface area is 127 Å². The van der Waals surface area contributed by atoms with Crippen molar-refractivity contribution in [2.75, 3.05) is 11.1 Å². The van der Waals surface area contributed by atoms with Crippen LogP contribution in [0.2, 0.25) is 0 Å². The largest absolute Gasteiger partial charge is 0.397 e. The maximum Gasteiger partial charge on any atom is 0.139 e. The fourth-order valence-corrected chi connectivity index (χ4v) is 5.56. The molecule has 0 atom stereocenters. The quantitative estimate of drug-likeness (QED) is 0.776. The first-order chi connectivity index (χ1) is 9.53. The third-order valence-corrected chi connectivity index (χ3v) is 6.14. The fraction of sp³-hybridized carbons (Fsp3) is 0.625. The molecular formula is C16H20BrFN2. The van der Waals surface area contributed by atoms with Crippen LogP contribution in [-0.2, 0) is 0 Å². The van der Waals surface area contributed by atoms with E-state index in [4.69, 9.17) is 5.73 Å². The molecule has 2 nitrogen and oxygen atoms in total. The van der Waals surface area contributed by atoms with Gasteiger partial charge < -0.3 is 11.1 Å². The van der Waals surface area contributed by atoms with Crippen LogP contribution in [0.15, 0.2) is 16.6 Å². The Bertz CT molecular complexity index is 522. The molecule has 0 saturated heterocycles. The average Bonchev–Trinajstić information content (AvgIpc) is 2.34. The molecule has 0 heterocycles. The summed E-state index contributed by atoms with van der Waals surface area (Å²) in [5.74, 6) is 2.37. The van der Waals surface area contributed by atoms with Gasteiger partial charge in [0.25, 0.3) is 0 Å². The highest BCUT2D eigenvalue weighted by molar-refractivity contribution is 9.10. The van der Waals surface area contributed by atoms with Gasteiger partial charge in [0.1, 0.15) is 5.82 Å². The predicted molar refractivity (Wildman–Crippen MR) is 83.0 cm³/mol. The molecule has 1 aromatic rings.